The van der Waals surface area contributed by atoms with Crippen LogP contribution in [0.4, 0.5) is 5.69 Å². The molecule has 8 nitrogen and oxygen atoms in total. The van der Waals surface area contributed by atoms with Crippen molar-refractivity contribution in [2.24, 2.45) is 0 Å². The predicted octanol–water partition coefficient (Wildman–Crippen LogP) is 21.0. The van der Waals surface area contributed by atoms with E-state index in [0.717, 1.165) is 127 Å². The van der Waals surface area contributed by atoms with Crippen LogP contribution in [0.1, 0.15) is 0 Å². The van der Waals surface area contributed by atoms with Gasteiger partial charge in [-0.3, -0.25) is 9.41 Å². The number of benzene rings is 13. The molecule has 0 saturated carbocycles. The average molecular weight is 1380 g/mol. The largest absolute Gasteiger partial charge is 0.511 e. The number of hydrogen-bond donors (Lipinski definition) is 0. The van der Waals surface area contributed by atoms with Gasteiger partial charge in [-0.25, -0.2) is 4.98 Å². The minimum Gasteiger partial charge on any atom is -0.511 e. The average Bonchev–Trinajstić information content (AvgIpc) is 1.57. The smallest absolute Gasteiger partial charge is 0.268 e. The maximum atomic E-state index is 8.34. The van der Waals surface area contributed by atoms with Crippen LogP contribution in [0.3, 0.4) is 0 Å². The molecule has 9 heteroatoms. The summed E-state index contributed by atoms with van der Waals surface area (Å²) in [5.74, 6) is 1.52. The summed E-state index contributed by atoms with van der Waals surface area (Å²) in [4.78, 5) is 9.39. The molecular formula is C85H51N7OPt-2. The van der Waals surface area contributed by atoms with Gasteiger partial charge in [0.25, 0.3) is 6.33 Å². The summed E-state index contributed by atoms with van der Waals surface area (Å²) in [6, 6.07) is 114. The van der Waals surface area contributed by atoms with Crippen molar-refractivity contribution in [1.82, 2.24) is 23.3 Å². The normalized spacial score (nSPS) is 11.5. The van der Waals surface area contributed by atoms with Crippen LogP contribution in [0.2, 0.25) is 0 Å². The van der Waals surface area contributed by atoms with E-state index in [-0.39, 0.29) is 21.1 Å². The molecular weight excluding hydrogens is 1330 g/mol. The zero-order chi connectivity index (χ0) is 61.5. The first-order chi connectivity index (χ1) is 46.1. The van der Waals surface area contributed by atoms with Gasteiger partial charge in [0.2, 0.25) is 0 Å². The van der Waals surface area contributed by atoms with Crippen molar-refractivity contribution in [1.29, 1.82) is 0 Å². The minimum absolute atomic E-state index is 0. The summed E-state index contributed by atoms with van der Waals surface area (Å²) in [7, 11) is 0. The molecule has 0 bridgehead atoms. The van der Waals surface area contributed by atoms with Gasteiger partial charge in [0, 0.05) is 53.9 Å². The fourth-order valence-corrected chi connectivity index (χ4v) is 13.9. The third-order valence-electron chi connectivity index (χ3n) is 18.0. The zero-order valence-electron chi connectivity index (χ0n) is 50.3. The van der Waals surface area contributed by atoms with Crippen LogP contribution in [-0.2, 0) is 21.1 Å². The van der Waals surface area contributed by atoms with Crippen LogP contribution in [0.5, 0.6) is 11.5 Å². The molecule has 0 atom stereocenters. The number of nitrogens with zero attached hydrogens (tertiary/aromatic N) is 7. The van der Waals surface area contributed by atoms with E-state index in [9.17, 15) is 0 Å². The Bertz CT molecular complexity index is 5930. The number of para-hydroxylation sites is 7. The number of imidazole rings is 1. The minimum atomic E-state index is 0. The molecule has 5 heterocycles. The van der Waals surface area contributed by atoms with E-state index in [4.69, 9.17) is 16.3 Å². The fraction of sp³-hybridized carbons (Fsp3) is 0. The molecule has 0 radical (unpaired) electrons. The predicted molar refractivity (Wildman–Crippen MR) is 377 cm³/mol. The molecule has 0 aliphatic rings. The van der Waals surface area contributed by atoms with Gasteiger partial charge in [0.05, 0.1) is 68.6 Å². The third-order valence-corrected chi connectivity index (χ3v) is 18.0. The second-order valence-corrected chi connectivity index (χ2v) is 23.4. The first kappa shape index (κ1) is 55.9. The number of fused-ring (bicyclic) bond motifs is 10. The second kappa shape index (κ2) is 23.0. The Morgan fingerprint density at radius 3 is 1.64 bits per heavy atom. The van der Waals surface area contributed by atoms with E-state index in [1.54, 1.807) is 6.07 Å². The summed E-state index contributed by atoms with van der Waals surface area (Å²) in [6.45, 7) is 8.34. The van der Waals surface area contributed by atoms with E-state index < -0.39 is 0 Å². The molecule has 13 aromatic carbocycles. The molecule has 18 rings (SSSR count). The Morgan fingerprint density at radius 1 is 0.394 bits per heavy atom. The Hall–Kier alpha value is -12.1. The zero-order valence-corrected chi connectivity index (χ0v) is 52.6. The van der Waals surface area contributed by atoms with Crippen LogP contribution in [0.15, 0.2) is 310 Å². The van der Waals surface area contributed by atoms with Crippen molar-refractivity contribution in [3.8, 4) is 84.6 Å². The van der Waals surface area contributed by atoms with Crippen LogP contribution >= 0.6 is 0 Å². The van der Waals surface area contributed by atoms with Gasteiger partial charge < -0.3 is 23.0 Å². The van der Waals surface area contributed by atoms with Gasteiger partial charge in [0.15, 0.2) is 0 Å². The summed E-state index contributed by atoms with van der Waals surface area (Å²) < 4.78 is 17.9. The van der Waals surface area contributed by atoms with Gasteiger partial charge in [-0.15, -0.1) is 29.7 Å². The first-order valence-corrected chi connectivity index (χ1v) is 31.0. The Balaban J connectivity index is 0.00000672. The number of ether oxygens (including phenoxy) is 1. The molecule has 0 unspecified atom stereocenters. The standard InChI is InChI=1S/C85H51N7O.Pt/c1-86-63-50-65(88-55-89(81-38-20-19-37-80(81)88)75-33-15-11-28-68(75)58-26-9-4-10-27-58)52-67(51-63)93-66-42-43-72-74-49-59(62-47-60(56-22-5-2-6-23-56)46-61(48-62)57-24-7-3-8-25-57)40-44-79(74)92(83(72)53-66)84-45-41-64(54-87-84)90-76-34-16-14-31-71(76)73-32-21-39-82(85(73)90)91-77-35-17-12-29-69(77)70-30-13-18-36-78(70)91;/h2-51,54H;/q-2;. The molecule has 5 aromatic heterocycles. The summed E-state index contributed by atoms with van der Waals surface area (Å²) in [5, 5.41) is 6.72. The molecule has 0 amide bonds. The molecule has 0 saturated heterocycles. The van der Waals surface area contributed by atoms with Gasteiger partial charge in [-0.1, -0.05) is 224 Å². The van der Waals surface area contributed by atoms with Crippen molar-refractivity contribution < 1.29 is 30.4 Å². The van der Waals surface area contributed by atoms with Crippen molar-refractivity contribution >= 4 is 82.1 Å². The Labute approximate surface area is 556 Å². The Kier molecular flexibility index (Phi) is 13.7. The molecule has 0 aliphatic heterocycles. The van der Waals surface area contributed by atoms with Crippen molar-refractivity contribution in [2.75, 3.05) is 0 Å². The first-order valence-electron chi connectivity index (χ1n) is 31.0. The van der Waals surface area contributed by atoms with Gasteiger partial charge in [0.1, 0.15) is 5.82 Å². The molecule has 18 aromatic rings. The van der Waals surface area contributed by atoms with Crippen molar-refractivity contribution in [2.45, 2.75) is 0 Å². The van der Waals surface area contributed by atoms with Gasteiger partial charge >= 0.3 is 0 Å². The maximum Gasteiger partial charge on any atom is 0.268 e. The van der Waals surface area contributed by atoms with E-state index in [0.29, 0.717) is 28.7 Å². The molecule has 0 fully saturated rings. The molecule has 94 heavy (non-hydrogen) atoms. The SMILES string of the molecule is [C-]#[N+]c1cc(Oc2[c-]c3c(cc2)c2cc(-c4cc(-c5ccccc5)cc(-c5ccccc5)c4)ccc2n3-c2ccc(-n3c4ccccc4c4cccc(-n5c6ccccc6c6ccccc65)c43)cn2)[c-]c(-n2[c-][n+](-c3ccccc3-c3ccccc3)c3ccccc32)c1.[Pt]. The molecule has 0 spiro atoms. The fourth-order valence-electron chi connectivity index (χ4n) is 13.9. The van der Waals surface area contributed by atoms with E-state index in [2.05, 4.69) is 302 Å². The molecule has 444 valence electrons. The van der Waals surface area contributed by atoms with Gasteiger partial charge in [-0.2, -0.15) is 12.1 Å². The number of pyridine rings is 1. The molecule has 0 aliphatic carbocycles. The van der Waals surface area contributed by atoms with Gasteiger partial charge in [-0.05, 0) is 122 Å². The molecule has 0 N–H and O–H groups in total. The van der Waals surface area contributed by atoms with Crippen LogP contribution in [0, 0.1) is 25.0 Å². The van der Waals surface area contributed by atoms with Crippen LogP contribution in [-0.4, -0.2) is 23.3 Å². The van der Waals surface area contributed by atoms with Crippen LogP contribution < -0.4 is 9.30 Å². The summed E-state index contributed by atoms with van der Waals surface area (Å²) in [5.41, 5.74) is 20.9. The van der Waals surface area contributed by atoms with Crippen LogP contribution in [0.25, 0.3) is 154 Å². The van der Waals surface area contributed by atoms with E-state index in [1.807, 2.05) is 47.2 Å². The quantitative estimate of drug-likeness (QED) is 0.0957. The van der Waals surface area contributed by atoms with E-state index >= 15 is 0 Å². The maximum absolute atomic E-state index is 8.34. The topological polar surface area (TPSA) is 50.1 Å². The van der Waals surface area contributed by atoms with E-state index in [1.165, 1.54) is 10.8 Å². The number of rotatable bonds is 11. The van der Waals surface area contributed by atoms with Crippen molar-refractivity contribution in [3.63, 3.8) is 0 Å². The summed E-state index contributed by atoms with van der Waals surface area (Å²) in [6.07, 6.45) is 5.65. The van der Waals surface area contributed by atoms with Crippen molar-refractivity contribution in [3.05, 3.63) is 339 Å². The third kappa shape index (κ3) is 9.32. The Morgan fingerprint density at radius 2 is 0.968 bits per heavy atom. The number of aromatic nitrogens is 6. The second-order valence-electron chi connectivity index (χ2n) is 23.4. The monoisotopic (exact) mass is 1380 g/mol. The summed E-state index contributed by atoms with van der Waals surface area (Å²) >= 11 is 0. The number of hydrogen-bond acceptors (Lipinski definition) is 2.